The minimum absolute atomic E-state index is 0.0518. The molecule has 0 spiro atoms. The molecule has 1 aliphatic rings. The number of urea groups is 1. The van der Waals surface area contributed by atoms with E-state index >= 15 is 0 Å². The van der Waals surface area contributed by atoms with Gasteiger partial charge in [0, 0.05) is 19.0 Å². The highest BCUT2D eigenvalue weighted by Gasteiger charge is 2.28. The molecule has 1 fully saturated rings. The number of ether oxygens (including phenoxy) is 3. The van der Waals surface area contributed by atoms with Gasteiger partial charge in [0.1, 0.15) is 17.2 Å². The van der Waals surface area contributed by atoms with Crippen LogP contribution < -0.4 is 15.8 Å². The van der Waals surface area contributed by atoms with Gasteiger partial charge >= 0.3 is 18.1 Å². The normalized spacial score (nSPS) is 16.5. The number of nitrogens with zero attached hydrogens (tertiary/aromatic N) is 2. The second-order valence-corrected chi connectivity index (χ2v) is 11.1. The summed E-state index contributed by atoms with van der Waals surface area (Å²) in [5, 5.41) is 2.56. The Labute approximate surface area is 226 Å². The average molecular weight is 533 g/mol. The van der Waals surface area contributed by atoms with Crippen LogP contribution in [-0.2, 0) is 14.3 Å². The lowest BCUT2D eigenvalue weighted by Gasteiger charge is -2.34. The number of esters is 1. The maximum Gasteiger partial charge on any atom is 0.408 e. The molecule has 1 aromatic carbocycles. The molecule has 212 valence electrons. The van der Waals surface area contributed by atoms with Gasteiger partial charge in [0.15, 0.2) is 6.04 Å². The molecule has 0 aliphatic carbocycles. The third-order valence-corrected chi connectivity index (χ3v) is 6.58. The van der Waals surface area contributed by atoms with E-state index in [0.717, 1.165) is 19.3 Å². The smallest absolute Gasteiger partial charge is 0.408 e. The van der Waals surface area contributed by atoms with Gasteiger partial charge in [-0.25, -0.2) is 14.4 Å². The van der Waals surface area contributed by atoms with E-state index in [0.29, 0.717) is 48.7 Å². The number of amides is 3. The first-order chi connectivity index (χ1) is 17.8. The molecule has 1 heterocycles. The number of amidine groups is 1. The van der Waals surface area contributed by atoms with Crippen molar-refractivity contribution in [1.82, 2.24) is 10.2 Å². The Morgan fingerprint density at radius 3 is 2.24 bits per heavy atom. The van der Waals surface area contributed by atoms with Gasteiger partial charge in [0.2, 0.25) is 0 Å². The molecule has 2 rings (SSSR count). The number of hydrogen-bond acceptors (Lipinski definition) is 6. The van der Waals surface area contributed by atoms with Gasteiger partial charge in [0.05, 0.1) is 13.7 Å². The SMILES string of the molecule is COC(=O)[C@@H](NC(=O)OC(C)(C)C)c1ccc(OCC[C@@H](C)C2CCN(C(=O)N=C(N)C(C)C)CC2)cc1. The molecule has 1 aliphatic heterocycles. The van der Waals surface area contributed by atoms with Crippen LogP contribution in [0.15, 0.2) is 29.3 Å². The number of alkyl carbamates (subject to hydrolysis) is 1. The summed E-state index contributed by atoms with van der Waals surface area (Å²) >= 11 is 0. The van der Waals surface area contributed by atoms with E-state index in [1.165, 1.54) is 7.11 Å². The Bertz CT molecular complexity index is 963. The summed E-state index contributed by atoms with van der Waals surface area (Å²) < 4.78 is 16.0. The zero-order valence-electron chi connectivity index (χ0n) is 23.8. The van der Waals surface area contributed by atoms with Crippen molar-refractivity contribution in [3.05, 3.63) is 29.8 Å². The van der Waals surface area contributed by atoms with Crippen LogP contribution in [0.1, 0.15) is 72.4 Å². The Balaban J connectivity index is 1.83. The summed E-state index contributed by atoms with van der Waals surface area (Å²) in [6, 6.07) is 5.73. The van der Waals surface area contributed by atoms with E-state index < -0.39 is 23.7 Å². The van der Waals surface area contributed by atoms with Crippen LogP contribution in [0.25, 0.3) is 0 Å². The molecule has 38 heavy (non-hydrogen) atoms. The second kappa shape index (κ2) is 14.0. The lowest BCUT2D eigenvalue weighted by Crippen LogP contribution is -2.39. The molecule has 3 N–H and O–H groups in total. The molecule has 0 saturated carbocycles. The number of nitrogens with two attached hydrogens (primary N) is 1. The van der Waals surface area contributed by atoms with Crippen molar-refractivity contribution in [3.8, 4) is 5.75 Å². The van der Waals surface area contributed by atoms with E-state index in [9.17, 15) is 14.4 Å². The van der Waals surface area contributed by atoms with Gasteiger partial charge in [-0.05, 0) is 69.6 Å². The predicted octanol–water partition coefficient (Wildman–Crippen LogP) is 4.68. The van der Waals surface area contributed by atoms with Gasteiger partial charge in [-0.3, -0.25) is 0 Å². The Morgan fingerprint density at radius 1 is 1.11 bits per heavy atom. The number of hydrogen-bond donors (Lipinski definition) is 2. The Morgan fingerprint density at radius 2 is 1.71 bits per heavy atom. The maximum absolute atomic E-state index is 12.3. The standard InChI is InChI=1S/C28H44N4O6/c1-18(2)24(29)31-26(34)32-15-12-20(13-16-32)19(3)14-17-37-22-10-8-21(9-11-22)23(25(33)36-7)30-27(35)38-28(4,5)6/h8-11,18-20,23H,12-17H2,1-7H3,(H,30,35)(H2,29,31,34)/t19-,23+/m1/s1. The van der Waals surface area contributed by atoms with Crippen LogP contribution in [0.4, 0.5) is 9.59 Å². The zero-order chi connectivity index (χ0) is 28.5. The van der Waals surface area contributed by atoms with Crippen LogP contribution in [0.3, 0.4) is 0 Å². The molecule has 0 bridgehead atoms. The van der Waals surface area contributed by atoms with Crippen LogP contribution in [0, 0.1) is 17.8 Å². The van der Waals surface area contributed by atoms with Crippen LogP contribution in [0.5, 0.6) is 5.75 Å². The van der Waals surface area contributed by atoms with Crippen molar-refractivity contribution >= 4 is 23.9 Å². The van der Waals surface area contributed by atoms with Crippen molar-refractivity contribution in [2.45, 2.75) is 72.4 Å². The first-order valence-electron chi connectivity index (χ1n) is 13.2. The maximum atomic E-state index is 12.3. The van der Waals surface area contributed by atoms with Crippen molar-refractivity contribution in [3.63, 3.8) is 0 Å². The molecule has 10 nitrogen and oxygen atoms in total. The number of likely N-dealkylation sites (tertiary alicyclic amines) is 1. The number of nitrogens with one attached hydrogen (secondary N) is 1. The van der Waals surface area contributed by atoms with Crippen molar-refractivity contribution < 1.29 is 28.6 Å². The summed E-state index contributed by atoms with van der Waals surface area (Å²) in [5.74, 6) is 1.45. The summed E-state index contributed by atoms with van der Waals surface area (Å²) in [5.41, 5.74) is 5.70. The summed E-state index contributed by atoms with van der Waals surface area (Å²) in [6.45, 7) is 13.2. The molecule has 0 radical (unpaired) electrons. The second-order valence-electron chi connectivity index (χ2n) is 11.1. The summed E-state index contributed by atoms with van der Waals surface area (Å²) in [7, 11) is 1.27. The predicted molar refractivity (Wildman–Crippen MR) is 146 cm³/mol. The Kier molecular flexibility index (Phi) is 11.4. The number of rotatable bonds is 9. The molecule has 1 aromatic rings. The number of carbonyl (C=O) groups is 3. The fourth-order valence-electron chi connectivity index (χ4n) is 4.15. The number of benzene rings is 1. The molecular weight excluding hydrogens is 488 g/mol. The third kappa shape index (κ3) is 9.87. The van der Waals surface area contributed by atoms with Crippen molar-refractivity contribution in [1.29, 1.82) is 0 Å². The fourth-order valence-corrected chi connectivity index (χ4v) is 4.15. The largest absolute Gasteiger partial charge is 0.494 e. The van der Waals surface area contributed by atoms with Gasteiger partial charge in [-0.15, -0.1) is 0 Å². The third-order valence-electron chi connectivity index (χ3n) is 6.58. The van der Waals surface area contributed by atoms with Crippen molar-refractivity contribution in [2.24, 2.45) is 28.5 Å². The van der Waals surface area contributed by atoms with Crippen LogP contribution >= 0.6 is 0 Å². The molecule has 2 atom stereocenters. The first-order valence-corrected chi connectivity index (χ1v) is 13.2. The highest BCUT2D eigenvalue weighted by Crippen LogP contribution is 2.28. The fraction of sp³-hybridized carbons (Fsp3) is 0.643. The van der Waals surface area contributed by atoms with Gasteiger partial charge < -0.3 is 30.2 Å². The topological polar surface area (TPSA) is 133 Å². The minimum Gasteiger partial charge on any atom is -0.494 e. The summed E-state index contributed by atoms with van der Waals surface area (Å²) in [4.78, 5) is 42.6. The Hall–Kier alpha value is -3.30. The molecule has 1 saturated heterocycles. The number of methoxy groups -OCH3 is 1. The van der Waals surface area contributed by atoms with Gasteiger partial charge in [-0.1, -0.05) is 32.9 Å². The molecule has 3 amide bonds. The molecule has 0 unspecified atom stereocenters. The van der Waals surface area contributed by atoms with Gasteiger partial charge in [-0.2, -0.15) is 4.99 Å². The highest BCUT2D eigenvalue weighted by molar-refractivity contribution is 5.93. The first kappa shape index (κ1) is 30.9. The number of carbonyl (C=O) groups excluding carboxylic acids is 3. The monoisotopic (exact) mass is 532 g/mol. The summed E-state index contributed by atoms with van der Waals surface area (Å²) in [6.07, 6.45) is 2.03. The molecule has 10 heteroatoms. The zero-order valence-corrected chi connectivity index (χ0v) is 23.8. The van der Waals surface area contributed by atoms with Crippen molar-refractivity contribution in [2.75, 3.05) is 26.8 Å². The number of aliphatic imine (C=N–C) groups is 1. The lowest BCUT2D eigenvalue weighted by atomic mass is 9.84. The van der Waals surface area contributed by atoms with E-state index in [2.05, 4.69) is 17.2 Å². The number of piperidine rings is 1. The lowest BCUT2D eigenvalue weighted by molar-refractivity contribution is -0.143. The highest BCUT2D eigenvalue weighted by atomic mass is 16.6. The minimum atomic E-state index is -0.992. The van der Waals surface area contributed by atoms with E-state index in [1.54, 1.807) is 49.9 Å². The van der Waals surface area contributed by atoms with Crippen LogP contribution in [0.2, 0.25) is 0 Å². The molecular formula is C28H44N4O6. The van der Waals surface area contributed by atoms with Gasteiger partial charge in [0.25, 0.3) is 0 Å². The van der Waals surface area contributed by atoms with E-state index in [-0.39, 0.29) is 11.9 Å². The molecule has 0 aromatic heterocycles. The van der Waals surface area contributed by atoms with E-state index in [4.69, 9.17) is 19.9 Å². The van der Waals surface area contributed by atoms with E-state index in [1.807, 2.05) is 13.8 Å². The quantitative estimate of drug-likeness (QED) is 0.268. The van der Waals surface area contributed by atoms with Crippen LogP contribution in [-0.4, -0.2) is 61.2 Å². The average Bonchev–Trinajstić information content (AvgIpc) is 2.86.